The Morgan fingerprint density at radius 2 is 2.04 bits per heavy atom. The zero-order valence-electron chi connectivity index (χ0n) is 14.2. The van der Waals surface area contributed by atoms with Crippen molar-refractivity contribution in [2.75, 3.05) is 33.4 Å². The van der Waals surface area contributed by atoms with E-state index in [0.29, 0.717) is 6.61 Å². The molecule has 1 aliphatic heterocycles. The van der Waals surface area contributed by atoms with Gasteiger partial charge in [0, 0.05) is 13.1 Å². The van der Waals surface area contributed by atoms with Gasteiger partial charge in [0.15, 0.2) is 0 Å². The number of nitrogens with one attached hydrogen (secondary N) is 1. The SMILES string of the molecule is COc1cccc(CCc2ccccc2OCC2CNCCO2)c1. The Labute approximate surface area is 143 Å². The first-order chi connectivity index (χ1) is 11.8. The first kappa shape index (κ1) is 16.8. The molecule has 3 rings (SSSR count). The maximum absolute atomic E-state index is 6.02. The number of para-hydroxylation sites is 1. The van der Waals surface area contributed by atoms with E-state index in [-0.39, 0.29) is 6.10 Å². The Kier molecular flexibility index (Phi) is 6.10. The quantitative estimate of drug-likeness (QED) is 0.849. The average molecular weight is 327 g/mol. The third kappa shape index (κ3) is 4.73. The van der Waals surface area contributed by atoms with Crippen LogP contribution in [-0.4, -0.2) is 39.5 Å². The third-order valence-corrected chi connectivity index (χ3v) is 4.22. The van der Waals surface area contributed by atoms with Gasteiger partial charge in [0.1, 0.15) is 24.2 Å². The van der Waals surface area contributed by atoms with Crippen molar-refractivity contribution in [3.63, 3.8) is 0 Å². The molecule has 0 bridgehead atoms. The molecule has 0 aromatic heterocycles. The summed E-state index contributed by atoms with van der Waals surface area (Å²) in [6.45, 7) is 3.12. The fraction of sp³-hybridized carbons (Fsp3) is 0.400. The van der Waals surface area contributed by atoms with Gasteiger partial charge in [-0.2, -0.15) is 0 Å². The third-order valence-electron chi connectivity index (χ3n) is 4.22. The van der Waals surface area contributed by atoms with Gasteiger partial charge in [0.25, 0.3) is 0 Å². The largest absolute Gasteiger partial charge is 0.497 e. The van der Waals surface area contributed by atoms with Crippen molar-refractivity contribution in [1.29, 1.82) is 0 Å². The molecule has 0 saturated carbocycles. The molecule has 4 nitrogen and oxygen atoms in total. The molecular formula is C20H25NO3. The van der Waals surface area contributed by atoms with E-state index >= 15 is 0 Å². The molecule has 0 spiro atoms. The summed E-state index contributed by atoms with van der Waals surface area (Å²) in [7, 11) is 1.70. The predicted octanol–water partition coefficient (Wildman–Crippen LogP) is 2.85. The number of methoxy groups -OCH3 is 1. The first-order valence-corrected chi connectivity index (χ1v) is 8.51. The van der Waals surface area contributed by atoms with Crippen molar-refractivity contribution >= 4 is 0 Å². The van der Waals surface area contributed by atoms with Crippen LogP contribution >= 0.6 is 0 Å². The minimum absolute atomic E-state index is 0.130. The van der Waals surface area contributed by atoms with Gasteiger partial charge >= 0.3 is 0 Å². The molecular weight excluding hydrogens is 302 g/mol. The Morgan fingerprint density at radius 3 is 2.88 bits per heavy atom. The van der Waals surface area contributed by atoms with E-state index in [0.717, 1.165) is 44.0 Å². The number of benzene rings is 2. The van der Waals surface area contributed by atoms with E-state index in [4.69, 9.17) is 14.2 Å². The second-order valence-electron chi connectivity index (χ2n) is 5.97. The number of ether oxygens (including phenoxy) is 3. The maximum atomic E-state index is 6.02. The lowest BCUT2D eigenvalue weighted by Crippen LogP contribution is -2.41. The number of aryl methyl sites for hydroxylation is 2. The Morgan fingerprint density at radius 1 is 1.12 bits per heavy atom. The van der Waals surface area contributed by atoms with Crippen LogP contribution in [0.1, 0.15) is 11.1 Å². The molecule has 1 N–H and O–H groups in total. The molecule has 0 radical (unpaired) electrons. The van der Waals surface area contributed by atoms with E-state index in [1.165, 1.54) is 11.1 Å². The van der Waals surface area contributed by atoms with E-state index in [9.17, 15) is 0 Å². The standard InChI is InChI=1S/C20H25NO3/c1-22-18-7-4-5-16(13-18)9-10-17-6-2-3-8-20(17)24-15-19-14-21-11-12-23-19/h2-8,13,19,21H,9-12,14-15H2,1H3. The van der Waals surface area contributed by atoms with Gasteiger partial charge < -0.3 is 19.5 Å². The molecule has 1 aliphatic rings. The van der Waals surface area contributed by atoms with Gasteiger partial charge in [-0.15, -0.1) is 0 Å². The van der Waals surface area contributed by atoms with Crippen LogP contribution in [-0.2, 0) is 17.6 Å². The van der Waals surface area contributed by atoms with Crippen molar-refractivity contribution in [2.45, 2.75) is 18.9 Å². The highest BCUT2D eigenvalue weighted by molar-refractivity contribution is 5.35. The average Bonchev–Trinajstić information content (AvgIpc) is 2.66. The van der Waals surface area contributed by atoms with Crippen LogP contribution in [0.3, 0.4) is 0 Å². The smallest absolute Gasteiger partial charge is 0.122 e. The van der Waals surface area contributed by atoms with Crippen molar-refractivity contribution in [2.24, 2.45) is 0 Å². The van der Waals surface area contributed by atoms with Gasteiger partial charge in [-0.3, -0.25) is 0 Å². The Hall–Kier alpha value is -2.04. The zero-order chi connectivity index (χ0) is 16.6. The van der Waals surface area contributed by atoms with E-state index < -0.39 is 0 Å². The van der Waals surface area contributed by atoms with Gasteiger partial charge in [-0.1, -0.05) is 30.3 Å². The molecule has 4 heteroatoms. The van der Waals surface area contributed by atoms with Crippen molar-refractivity contribution in [3.05, 3.63) is 59.7 Å². The van der Waals surface area contributed by atoms with Crippen molar-refractivity contribution in [3.8, 4) is 11.5 Å². The van der Waals surface area contributed by atoms with Gasteiger partial charge in [0.05, 0.1) is 13.7 Å². The van der Waals surface area contributed by atoms with Crippen molar-refractivity contribution < 1.29 is 14.2 Å². The van der Waals surface area contributed by atoms with Crippen LogP contribution in [0.4, 0.5) is 0 Å². The van der Waals surface area contributed by atoms with Crippen LogP contribution < -0.4 is 14.8 Å². The van der Waals surface area contributed by atoms with E-state index in [1.807, 2.05) is 24.3 Å². The van der Waals surface area contributed by atoms with E-state index in [1.54, 1.807) is 7.11 Å². The summed E-state index contributed by atoms with van der Waals surface area (Å²) in [5.74, 6) is 1.86. The molecule has 128 valence electrons. The maximum Gasteiger partial charge on any atom is 0.122 e. The topological polar surface area (TPSA) is 39.7 Å². The second-order valence-corrected chi connectivity index (χ2v) is 5.97. The van der Waals surface area contributed by atoms with Gasteiger partial charge in [0.2, 0.25) is 0 Å². The van der Waals surface area contributed by atoms with E-state index in [2.05, 4.69) is 29.6 Å². The highest BCUT2D eigenvalue weighted by Gasteiger charge is 2.14. The predicted molar refractivity (Wildman–Crippen MR) is 94.9 cm³/mol. The van der Waals surface area contributed by atoms with Crippen LogP contribution in [0.5, 0.6) is 11.5 Å². The summed E-state index contributed by atoms with van der Waals surface area (Å²) in [4.78, 5) is 0. The molecule has 1 saturated heterocycles. The summed E-state index contributed by atoms with van der Waals surface area (Å²) in [6, 6.07) is 16.5. The number of hydrogen-bond donors (Lipinski definition) is 1. The molecule has 0 aliphatic carbocycles. The minimum Gasteiger partial charge on any atom is -0.497 e. The second kappa shape index (κ2) is 8.71. The molecule has 1 heterocycles. The lowest BCUT2D eigenvalue weighted by atomic mass is 10.0. The molecule has 24 heavy (non-hydrogen) atoms. The van der Waals surface area contributed by atoms with Crippen molar-refractivity contribution in [1.82, 2.24) is 5.32 Å². The normalized spacial score (nSPS) is 17.5. The summed E-state index contributed by atoms with van der Waals surface area (Å²) in [5.41, 5.74) is 2.49. The monoisotopic (exact) mass is 327 g/mol. The molecule has 2 aromatic rings. The lowest BCUT2D eigenvalue weighted by molar-refractivity contribution is 0.0000137. The summed E-state index contributed by atoms with van der Waals surface area (Å²) in [6.07, 6.45) is 2.02. The first-order valence-electron chi connectivity index (χ1n) is 8.51. The van der Waals surface area contributed by atoms with Gasteiger partial charge in [-0.25, -0.2) is 0 Å². The molecule has 1 atom stereocenters. The number of rotatable bonds is 7. The van der Waals surface area contributed by atoms with Crippen LogP contribution in [0.25, 0.3) is 0 Å². The highest BCUT2D eigenvalue weighted by atomic mass is 16.5. The molecule has 0 amide bonds. The summed E-state index contributed by atoms with van der Waals surface area (Å²) < 4.78 is 17.0. The summed E-state index contributed by atoms with van der Waals surface area (Å²) in [5, 5.41) is 3.33. The number of morpholine rings is 1. The fourth-order valence-corrected chi connectivity index (χ4v) is 2.87. The lowest BCUT2D eigenvalue weighted by Gasteiger charge is -2.24. The number of hydrogen-bond acceptors (Lipinski definition) is 4. The van der Waals surface area contributed by atoms with Crippen LogP contribution in [0, 0.1) is 0 Å². The zero-order valence-corrected chi connectivity index (χ0v) is 14.2. The van der Waals surface area contributed by atoms with Crippen LogP contribution in [0.15, 0.2) is 48.5 Å². The highest BCUT2D eigenvalue weighted by Crippen LogP contribution is 2.22. The summed E-state index contributed by atoms with van der Waals surface area (Å²) >= 11 is 0. The molecule has 2 aromatic carbocycles. The van der Waals surface area contributed by atoms with Crippen LogP contribution in [0.2, 0.25) is 0 Å². The molecule has 1 fully saturated rings. The van der Waals surface area contributed by atoms with Gasteiger partial charge in [-0.05, 0) is 42.2 Å². The fourth-order valence-electron chi connectivity index (χ4n) is 2.87. The minimum atomic E-state index is 0.130. The Balaban J connectivity index is 1.58. The Bertz CT molecular complexity index is 638. The molecule has 1 unspecified atom stereocenters.